The lowest BCUT2D eigenvalue weighted by atomic mass is 9.70. The van der Waals surface area contributed by atoms with Crippen LogP contribution in [0.5, 0.6) is 11.6 Å². The number of hydrogen-bond acceptors (Lipinski definition) is 8. The Morgan fingerprint density at radius 2 is 1.96 bits per heavy atom. The van der Waals surface area contributed by atoms with Gasteiger partial charge in [-0.1, -0.05) is 36.7 Å². The van der Waals surface area contributed by atoms with E-state index in [9.17, 15) is 13.8 Å². The summed E-state index contributed by atoms with van der Waals surface area (Å²) in [5.41, 5.74) is 3.67. The number of hydrogen-bond donors (Lipinski definition) is 2. The van der Waals surface area contributed by atoms with Crippen molar-refractivity contribution in [1.29, 1.82) is 0 Å². The summed E-state index contributed by atoms with van der Waals surface area (Å²) in [5, 5.41) is 6.83. The molecule has 3 heterocycles. The molecule has 3 aromatic rings. The van der Waals surface area contributed by atoms with Crippen molar-refractivity contribution in [2.45, 2.75) is 63.5 Å². The van der Waals surface area contributed by atoms with Crippen molar-refractivity contribution in [3.05, 3.63) is 82.0 Å². The van der Waals surface area contributed by atoms with E-state index in [-0.39, 0.29) is 29.4 Å². The van der Waals surface area contributed by atoms with Gasteiger partial charge >= 0.3 is 0 Å². The molecule has 13 heteroatoms. The van der Waals surface area contributed by atoms with Crippen molar-refractivity contribution < 1.29 is 28.0 Å². The Balaban J connectivity index is 1.42. The van der Waals surface area contributed by atoms with Gasteiger partial charge in [-0.25, -0.2) is 0 Å². The number of halogens is 1. The molecule has 2 amide bonds. The number of anilines is 1. The first kappa shape index (κ1) is 35.9. The number of ether oxygens (including phenoxy) is 3. The number of rotatable bonds is 4. The average Bonchev–Trinajstić information content (AvgIpc) is 3.47. The average molecular weight is 724 g/mol. The van der Waals surface area contributed by atoms with Crippen LogP contribution in [-0.2, 0) is 35.3 Å². The molecule has 0 spiro atoms. The maximum Gasteiger partial charge on any atom is 0.285 e. The van der Waals surface area contributed by atoms with E-state index in [2.05, 4.69) is 37.9 Å². The second-order valence-electron chi connectivity index (χ2n) is 13.5. The van der Waals surface area contributed by atoms with Crippen molar-refractivity contribution >= 4 is 39.7 Å². The Kier molecular flexibility index (Phi) is 11.5. The van der Waals surface area contributed by atoms with Crippen molar-refractivity contribution in [1.82, 2.24) is 15.1 Å². The quantitative estimate of drug-likeness (QED) is 0.248. The van der Waals surface area contributed by atoms with Crippen molar-refractivity contribution in [3.8, 4) is 11.6 Å². The maximum absolute atomic E-state index is 14.0. The van der Waals surface area contributed by atoms with Crippen LogP contribution < -0.4 is 19.7 Å². The molecular weight excluding hydrogens is 678 g/mol. The fraction of sp³-hybridized carbons (Fsp3) is 0.486. The number of fused-ring (bicyclic) bond motifs is 3. The number of allylic oxidation sites excluding steroid dienone is 1. The second kappa shape index (κ2) is 16.0. The van der Waals surface area contributed by atoms with Gasteiger partial charge < -0.3 is 24.4 Å². The topological polar surface area (TPSA) is 124 Å². The van der Waals surface area contributed by atoms with Crippen LogP contribution in [0.25, 0.3) is 0 Å². The van der Waals surface area contributed by atoms with Gasteiger partial charge in [0.2, 0.25) is 5.88 Å². The van der Waals surface area contributed by atoms with Gasteiger partial charge in [-0.15, -0.1) is 5.10 Å². The predicted octanol–water partition coefficient (Wildman–Crippen LogP) is 6.00. The highest BCUT2D eigenvalue weighted by Crippen LogP contribution is 2.42. The largest absolute Gasteiger partial charge is 0.491 e. The van der Waals surface area contributed by atoms with E-state index < -0.39 is 27.8 Å². The third kappa shape index (κ3) is 8.03. The Hall–Kier alpha value is -3.87. The van der Waals surface area contributed by atoms with Crippen LogP contribution in [0.3, 0.4) is 0 Å². The minimum absolute atomic E-state index is 0.112. The Morgan fingerprint density at radius 3 is 2.72 bits per heavy atom. The van der Waals surface area contributed by atoms with E-state index in [0.29, 0.717) is 41.8 Å². The van der Waals surface area contributed by atoms with Crippen LogP contribution in [0.4, 0.5) is 5.69 Å². The van der Waals surface area contributed by atoms with E-state index >= 15 is 0 Å². The molecule has 2 aromatic carbocycles. The standard InChI is InChI=1S/C37H46ClN5O6S/c1-23-8-7-10-32(47-3)29-15-12-27(29)21-43-20-26-11-14-28(38)18-24(26)9-5-6-17-49-33-16-13-25(19-31(33)43)34(44)41-50(46)37(23)39-35(45)30-22-42(2)40-36(30)48-4/h7,10-11,13-14,16,18-19,22-23,27,29,32,37,50H,5-6,8-9,12,15,17,20-21H2,1-4H3,(H,39,45)/b10-7+/t23-,27-,29+,32-,37?/m0/s1. The fourth-order valence-corrected chi connectivity index (χ4v) is 8.55. The van der Waals surface area contributed by atoms with Crippen LogP contribution in [-0.4, -0.2) is 64.7 Å². The van der Waals surface area contributed by atoms with Gasteiger partial charge in [0, 0.05) is 44.0 Å². The van der Waals surface area contributed by atoms with E-state index in [4.69, 9.17) is 25.8 Å². The van der Waals surface area contributed by atoms with Crippen LogP contribution in [0.1, 0.15) is 70.9 Å². The highest BCUT2D eigenvalue weighted by Gasteiger charge is 2.38. The van der Waals surface area contributed by atoms with Crippen LogP contribution in [0.2, 0.25) is 5.02 Å². The zero-order valence-corrected chi connectivity index (χ0v) is 30.7. The molecule has 3 aliphatic rings. The van der Waals surface area contributed by atoms with Crippen molar-refractivity contribution in [3.63, 3.8) is 0 Å². The molecule has 2 aliphatic heterocycles. The lowest BCUT2D eigenvalue weighted by Gasteiger charge is -2.43. The van der Waals surface area contributed by atoms with Gasteiger partial charge in [0.15, 0.2) is 0 Å². The Labute approximate surface area is 300 Å². The number of aromatic nitrogens is 2. The molecule has 1 fully saturated rings. The Morgan fingerprint density at radius 1 is 1.12 bits per heavy atom. The summed E-state index contributed by atoms with van der Waals surface area (Å²) in [7, 11) is 2.26. The summed E-state index contributed by atoms with van der Waals surface area (Å²) in [6.45, 7) is 3.76. The number of benzene rings is 2. The molecule has 1 N–H and O–H groups in total. The number of aryl methyl sites for hydroxylation is 2. The van der Waals surface area contributed by atoms with Crippen molar-refractivity contribution in [2.75, 3.05) is 32.3 Å². The van der Waals surface area contributed by atoms with Gasteiger partial charge in [0.1, 0.15) is 16.7 Å². The molecule has 1 aliphatic carbocycles. The summed E-state index contributed by atoms with van der Waals surface area (Å²) in [4.78, 5) is 29.6. The summed E-state index contributed by atoms with van der Waals surface area (Å²) < 4.78 is 37.3. The monoisotopic (exact) mass is 723 g/mol. The van der Waals surface area contributed by atoms with Gasteiger partial charge in [0.25, 0.3) is 11.8 Å². The number of carbonyl (C=O) groups is 2. The first-order valence-electron chi connectivity index (χ1n) is 17.2. The number of methoxy groups -OCH3 is 2. The smallest absolute Gasteiger partial charge is 0.285 e. The molecule has 0 saturated heterocycles. The number of nitrogens with zero attached hydrogens (tertiary/aromatic N) is 4. The summed E-state index contributed by atoms with van der Waals surface area (Å²) in [6, 6.07) is 11.4. The Bertz CT molecular complexity index is 1840. The van der Waals surface area contributed by atoms with E-state index in [1.165, 1.54) is 29.1 Å². The fourth-order valence-electron chi connectivity index (χ4n) is 7.16. The molecule has 1 saturated carbocycles. The molecule has 0 radical (unpaired) electrons. The number of amides is 2. The van der Waals surface area contributed by atoms with Gasteiger partial charge in [-0.2, -0.15) is 4.36 Å². The highest BCUT2D eigenvalue weighted by molar-refractivity contribution is 7.76. The maximum atomic E-state index is 14.0. The van der Waals surface area contributed by atoms with Gasteiger partial charge in [-0.3, -0.25) is 18.5 Å². The van der Waals surface area contributed by atoms with Crippen LogP contribution >= 0.6 is 11.6 Å². The zero-order chi connectivity index (χ0) is 35.4. The normalized spacial score (nSPS) is 26.8. The lowest BCUT2D eigenvalue weighted by molar-refractivity contribution is 0.0133. The van der Waals surface area contributed by atoms with Crippen LogP contribution in [0.15, 0.2) is 59.1 Å². The lowest BCUT2D eigenvalue weighted by Crippen LogP contribution is -2.43. The van der Waals surface area contributed by atoms with E-state index in [1.54, 1.807) is 20.2 Å². The third-order valence-electron chi connectivity index (χ3n) is 10.1. The second-order valence-corrected chi connectivity index (χ2v) is 15.3. The molecule has 2 unspecified atom stereocenters. The minimum Gasteiger partial charge on any atom is -0.491 e. The molecule has 6 atom stereocenters. The van der Waals surface area contributed by atoms with Crippen molar-refractivity contribution in [2.24, 2.45) is 29.2 Å². The molecular formula is C37H46ClN5O6S. The summed E-state index contributed by atoms with van der Waals surface area (Å²) in [5.74, 6) is -0.00274. The summed E-state index contributed by atoms with van der Waals surface area (Å²) in [6.07, 6.45) is 10.8. The van der Waals surface area contributed by atoms with E-state index in [0.717, 1.165) is 44.3 Å². The SMILES string of the molecule is COc1nn(C)cc1C(=O)NC1[C@@H](C)C/C=C/[C@H](OC)[C@@H]2CC[C@H]2CN2Cc3ccc(Cl)cc3CCCCOc3ccc(cc32)C(=O)/N=[SH]\1=O. The van der Waals surface area contributed by atoms with Crippen LogP contribution in [0, 0.1) is 17.8 Å². The molecule has 268 valence electrons. The molecule has 1 aromatic heterocycles. The third-order valence-corrected chi connectivity index (χ3v) is 11.8. The predicted molar refractivity (Wildman–Crippen MR) is 195 cm³/mol. The summed E-state index contributed by atoms with van der Waals surface area (Å²) >= 11 is 6.45. The minimum atomic E-state index is -2.58. The number of carbonyl (C=O) groups excluding carboxylic acids is 2. The molecule has 2 bridgehead atoms. The van der Waals surface area contributed by atoms with Gasteiger partial charge in [0.05, 0.1) is 36.1 Å². The molecule has 6 rings (SSSR count). The number of thiol groups is 1. The number of nitrogens with one attached hydrogen (secondary N) is 1. The zero-order valence-electron chi connectivity index (χ0n) is 29.0. The molecule has 50 heavy (non-hydrogen) atoms. The van der Waals surface area contributed by atoms with Gasteiger partial charge in [-0.05, 0) is 97.7 Å². The highest BCUT2D eigenvalue weighted by atomic mass is 35.5. The first-order valence-corrected chi connectivity index (χ1v) is 18.9. The molecule has 11 nitrogen and oxygen atoms in total. The first-order chi connectivity index (χ1) is 24.1. The van der Waals surface area contributed by atoms with E-state index in [1.807, 2.05) is 31.2 Å².